The van der Waals surface area contributed by atoms with Gasteiger partial charge in [0.1, 0.15) is 11.6 Å². The van der Waals surface area contributed by atoms with Gasteiger partial charge in [0.2, 0.25) is 5.91 Å². The average Bonchev–Trinajstić information content (AvgIpc) is 2.92. The molecule has 0 spiro atoms. The summed E-state index contributed by atoms with van der Waals surface area (Å²) in [4.78, 5) is 15.0. The molecule has 0 aliphatic carbocycles. The number of anilines is 1. The number of benzene rings is 2. The van der Waals surface area contributed by atoms with Crippen molar-refractivity contribution in [1.82, 2.24) is 4.98 Å². The predicted octanol–water partition coefficient (Wildman–Crippen LogP) is 4.02. The highest BCUT2D eigenvalue weighted by atomic mass is 19.1. The number of aromatic nitrogens is 1. The molecular formula is C17H14F2N2O. The molecule has 0 saturated carbocycles. The van der Waals surface area contributed by atoms with Crippen molar-refractivity contribution < 1.29 is 13.6 Å². The number of nitrogens with one attached hydrogen (secondary N) is 2. The summed E-state index contributed by atoms with van der Waals surface area (Å²) in [5, 5.41) is 3.46. The summed E-state index contributed by atoms with van der Waals surface area (Å²) in [6, 6.07) is 10.8. The molecule has 1 aromatic heterocycles. The Kier molecular flexibility index (Phi) is 3.87. The lowest BCUT2D eigenvalue weighted by Crippen LogP contribution is -2.13. The molecule has 3 rings (SSSR count). The van der Waals surface area contributed by atoms with Crippen LogP contribution in [-0.2, 0) is 11.2 Å². The van der Waals surface area contributed by atoms with Crippen molar-refractivity contribution in [1.29, 1.82) is 0 Å². The second-order valence-electron chi connectivity index (χ2n) is 5.03. The summed E-state index contributed by atoms with van der Waals surface area (Å²) < 4.78 is 26.5. The van der Waals surface area contributed by atoms with E-state index in [1.165, 1.54) is 0 Å². The van der Waals surface area contributed by atoms with Crippen molar-refractivity contribution >= 4 is 22.5 Å². The van der Waals surface area contributed by atoms with Gasteiger partial charge in [-0.2, -0.15) is 0 Å². The highest BCUT2D eigenvalue weighted by Gasteiger charge is 2.10. The number of para-hydroxylation sites is 1. The Morgan fingerprint density at radius 2 is 1.95 bits per heavy atom. The molecule has 1 amide bonds. The highest BCUT2D eigenvalue weighted by molar-refractivity contribution is 5.91. The zero-order valence-corrected chi connectivity index (χ0v) is 11.7. The zero-order chi connectivity index (χ0) is 15.5. The Hall–Kier alpha value is -2.69. The average molecular weight is 300 g/mol. The molecule has 2 N–H and O–H groups in total. The van der Waals surface area contributed by atoms with E-state index in [-0.39, 0.29) is 18.0 Å². The second-order valence-corrected chi connectivity index (χ2v) is 5.03. The number of halogens is 2. The van der Waals surface area contributed by atoms with Gasteiger partial charge in [-0.05, 0) is 30.2 Å². The summed E-state index contributed by atoms with van der Waals surface area (Å²) >= 11 is 0. The molecule has 3 nitrogen and oxygen atoms in total. The van der Waals surface area contributed by atoms with Crippen LogP contribution in [0.5, 0.6) is 0 Å². The molecule has 0 bridgehead atoms. The van der Waals surface area contributed by atoms with Crippen LogP contribution in [0.3, 0.4) is 0 Å². The van der Waals surface area contributed by atoms with Crippen LogP contribution in [0.15, 0.2) is 48.7 Å². The summed E-state index contributed by atoms with van der Waals surface area (Å²) in [5.41, 5.74) is 1.89. The molecule has 0 unspecified atom stereocenters. The van der Waals surface area contributed by atoms with Crippen LogP contribution in [0.25, 0.3) is 10.9 Å². The fourth-order valence-electron chi connectivity index (χ4n) is 2.39. The van der Waals surface area contributed by atoms with Crippen molar-refractivity contribution in [2.45, 2.75) is 12.8 Å². The Balaban J connectivity index is 1.66. The number of carbonyl (C=O) groups excluding carboxylic acids is 1. The number of hydrogen-bond acceptors (Lipinski definition) is 1. The second kappa shape index (κ2) is 5.97. The maximum atomic E-state index is 13.5. The van der Waals surface area contributed by atoms with Crippen molar-refractivity contribution in [2.24, 2.45) is 0 Å². The molecule has 1 heterocycles. The number of rotatable bonds is 4. The number of H-pyrrole nitrogens is 1. The fourth-order valence-corrected chi connectivity index (χ4v) is 2.39. The van der Waals surface area contributed by atoms with Gasteiger partial charge in [0.05, 0.1) is 5.69 Å². The Bertz CT molecular complexity index is 826. The van der Waals surface area contributed by atoms with E-state index in [1.807, 2.05) is 30.5 Å². The molecule has 5 heteroatoms. The standard InChI is InChI=1S/C17H14F2N2O/c18-12-6-7-14(19)16(9-12)21-17(22)8-5-11-10-20-15-4-2-1-3-13(11)15/h1-4,6-7,9-10,20H,5,8H2,(H,21,22). The van der Waals surface area contributed by atoms with E-state index in [9.17, 15) is 13.6 Å². The maximum Gasteiger partial charge on any atom is 0.224 e. The summed E-state index contributed by atoms with van der Waals surface area (Å²) in [7, 11) is 0. The number of hydrogen-bond donors (Lipinski definition) is 2. The fraction of sp³-hybridized carbons (Fsp3) is 0.118. The van der Waals surface area contributed by atoms with Crippen LogP contribution >= 0.6 is 0 Å². The summed E-state index contributed by atoms with van der Waals surface area (Å²) in [5.74, 6) is -1.59. The van der Waals surface area contributed by atoms with Crippen LogP contribution in [0.1, 0.15) is 12.0 Å². The third-order valence-electron chi connectivity index (χ3n) is 3.50. The van der Waals surface area contributed by atoms with Gasteiger partial charge in [0.15, 0.2) is 0 Å². The molecule has 0 saturated heterocycles. The minimum Gasteiger partial charge on any atom is -0.361 e. The smallest absolute Gasteiger partial charge is 0.224 e. The van der Waals surface area contributed by atoms with Crippen LogP contribution < -0.4 is 5.32 Å². The highest BCUT2D eigenvalue weighted by Crippen LogP contribution is 2.20. The van der Waals surface area contributed by atoms with E-state index in [2.05, 4.69) is 10.3 Å². The quantitative estimate of drug-likeness (QED) is 0.751. The molecule has 0 aliphatic rings. The van der Waals surface area contributed by atoms with Gasteiger partial charge in [-0.3, -0.25) is 4.79 Å². The zero-order valence-electron chi connectivity index (χ0n) is 11.7. The lowest BCUT2D eigenvalue weighted by atomic mass is 10.1. The predicted molar refractivity (Wildman–Crippen MR) is 81.6 cm³/mol. The number of fused-ring (bicyclic) bond motifs is 1. The molecule has 0 aliphatic heterocycles. The van der Waals surface area contributed by atoms with Gasteiger partial charge in [-0.15, -0.1) is 0 Å². The van der Waals surface area contributed by atoms with Crippen molar-refractivity contribution in [3.05, 3.63) is 65.9 Å². The molecule has 2 aromatic carbocycles. The summed E-state index contributed by atoms with van der Waals surface area (Å²) in [6.45, 7) is 0. The molecular weight excluding hydrogens is 286 g/mol. The van der Waals surface area contributed by atoms with E-state index in [4.69, 9.17) is 0 Å². The normalized spacial score (nSPS) is 10.8. The van der Waals surface area contributed by atoms with E-state index < -0.39 is 11.6 Å². The van der Waals surface area contributed by atoms with Gasteiger partial charge < -0.3 is 10.3 Å². The molecule has 3 aromatic rings. The first-order valence-electron chi connectivity index (χ1n) is 6.93. The maximum absolute atomic E-state index is 13.5. The van der Waals surface area contributed by atoms with Crippen molar-refractivity contribution in [3.63, 3.8) is 0 Å². The number of carbonyl (C=O) groups is 1. The van der Waals surface area contributed by atoms with Gasteiger partial charge in [0, 0.05) is 29.6 Å². The van der Waals surface area contributed by atoms with E-state index in [1.54, 1.807) is 0 Å². The Morgan fingerprint density at radius 3 is 2.82 bits per heavy atom. The first kappa shape index (κ1) is 14.3. The lowest BCUT2D eigenvalue weighted by molar-refractivity contribution is -0.116. The summed E-state index contributed by atoms with van der Waals surface area (Å²) in [6.07, 6.45) is 2.57. The Morgan fingerprint density at radius 1 is 1.14 bits per heavy atom. The molecule has 22 heavy (non-hydrogen) atoms. The van der Waals surface area contributed by atoms with Crippen LogP contribution in [-0.4, -0.2) is 10.9 Å². The van der Waals surface area contributed by atoms with Crippen molar-refractivity contribution in [2.75, 3.05) is 5.32 Å². The van der Waals surface area contributed by atoms with E-state index in [0.29, 0.717) is 6.42 Å². The van der Waals surface area contributed by atoms with E-state index in [0.717, 1.165) is 34.7 Å². The Labute approximate surface area is 126 Å². The monoisotopic (exact) mass is 300 g/mol. The largest absolute Gasteiger partial charge is 0.361 e. The molecule has 0 atom stereocenters. The lowest BCUT2D eigenvalue weighted by Gasteiger charge is -2.06. The SMILES string of the molecule is O=C(CCc1c[nH]c2ccccc12)Nc1cc(F)ccc1F. The molecule has 0 radical (unpaired) electrons. The number of amides is 1. The van der Waals surface area contributed by atoms with Gasteiger partial charge in [-0.1, -0.05) is 18.2 Å². The van der Waals surface area contributed by atoms with Crippen LogP contribution in [0.2, 0.25) is 0 Å². The topological polar surface area (TPSA) is 44.9 Å². The van der Waals surface area contributed by atoms with Gasteiger partial charge >= 0.3 is 0 Å². The van der Waals surface area contributed by atoms with E-state index >= 15 is 0 Å². The third-order valence-corrected chi connectivity index (χ3v) is 3.50. The van der Waals surface area contributed by atoms with Gasteiger partial charge in [-0.25, -0.2) is 8.78 Å². The van der Waals surface area contributed by atoms with Gasteiger partial charge in [0.25, 0.3) is 0 Å². The minimum absolute atomic E-state index is 0.135. The van der Waals surface area contributed by atoms with Crippen molar-refractivity contribution in [3.8, 4) is 0 Å². The minimum atomic E-state index is -0.651. The number of aryl methyl sites for hydroxylation is 1. The first-order valence-corrected chi connectivity index (χ1v) is 6.93. The first-order chi connectivity index (χ1) is 10.6. The third kappa shape index (κ3) is 2.98. The molecule has 0 fully saturated rings. The molecule has 112 valence electrons. The van der Waals surface area contributed by atoms with Crippen LogP contribution in [0, 0.1) is 11.6 Å². The van der Waals surface area contributed by atoms with Crippen LogP contribution in [0.4, 0.5) is 14.5 Å². The number of aromatic amines is 1.